The number of anilines is 2. The van der Waals surface area contributed by atoms with Crippen molar-refractivity contribution in [1.82, 2.24) is 15.0 Å². The van der Waals surface area contributed by atoms with Gasteiger partial charge in [0.15, 0.2) is 11.6 Å². The molecule has 0 atom stereocenters. The molecule has 0 spiro atoms. The lowest BCUT2D eigenvalue weighted by molar-refractivity contribution is -0.115. The van der Waals surface area contributed by atoms with Crippen molar-refractivity contribution in [3.8, 4) is 11.3 Å². The summed E-state index contributed by atoms with van der Waals surface area (Å²) in [6, 6.07) is 3.63. The first-order valence-corrected chi connectivity index (χ1v) is 8.48. The maximum absolute atomic E-state index is 11.9. The number of aromatic nitrogens is 3. The molecule has 0 saturated carbocycles. The number of nitrogens with zero attached hydrogens (tertiary/aromatic N) is 4. The third-order valence-corrected chi connectivity index (χ3v) is 4.11. The molecule has 26 heavy (non-hydrogen) atoms. The molecule has 1 aliphatic heterocycles. The number of rotatable bonds is 6. The van der Waals surface area contributed by atoms with Gasteiger partial charge in [0.1, 0.15) is 5.60 Å². The summed E-state index contributed by atoms with van der Waals surface area (Å²) in [7, 11) is 1.65. The SMILES string of the molecule is COCCCN1CC(=O)Nc2ncc(-c3ccc(C(C)(C)O)nc3)nc21.[HH]. The highest BCUT2D eigenvalue weighted by molar-refractivity contribution is 5.99. The van der Waals surface area contributed by atoms with Crippen molar-refractivity contribution in [2.24, 2.45) is 0 Å². The molecule has 0 radical (unpaired) electrons. The third-order valence-electron chi connectivity index (χ3n) is 4.11. The van der Waals surface area contributed by atoms with Gasteiger partial charge in [-0.25, -0.2) is 9.97 Å². The number of carbonyl (C=O) groups excluding carboxylic acids is 1. The van der Waals surface area contributed by atoms with Gasteiger partial charge in [-0.05, 0) is 32.4 Å². The molecular formula is C18H25N5O3. The van der Waals surface area contributed by atoms with E-state index in [1.165, 1.54) is 0 Å². The summed E-state index contributed by atoms with van der Waals surface area (Å²) in [5.74, 6) is 1.00. The van der Waals surface area contributed by atoms with Crippen LogP contribution in [0.1, 0.15) is 27.4 Å². The van der Waals surface area contributed by atoms with Crippen LogP contribution >= 0.6 is 0 Å². The van der Waals surface area contributed by atoms with Gasteiger partial charge in [-0.2, -0.15) is 0 Å². The number of nitrogens with one attached hydrogen (secondary N) is 1. The Morgan fingerprint density at radius 2 is 2.15 bits per heavy atom. The van der Waals surface area contributed by atoms with E-state index in [-0.39, 0.29) is 13.9 Å². The van der Waals surface area contributed by atoms with E-state index in [1.807, 2.05) is 11.0 Å². The van der Waals surface area contributed by atoms with Crippen molar-refractivity contribution in [2.75, 3.05) is 37.0 Å². The van der Waals surface area contributed by atoms with Gasteiger partial charge in [-0.3, -0.25) is 9.78 Å². The van der Waals surface area contributed by atoms with Crippen LogP contribution in [0, 0.1) is 0 Å². The summed E-state index contributed by atoms with van der Waals surface area (Å²) < 4.78 is 5.09. The van der Waals surface area contributed by atoms with E-state index >= 15 is 0 Å². The van der Waals surface area contributed by atoms with Gasteiger partial charge in [0.05, 0.1) is 24.1 Å². The highest BCUT2D eigenvalue weighted by Gasteiger charge is 2.25. The average molecular weight is 359 g/mol. The van der Waals surface area contributed by atoms with Crippen molar-refractivity contribution in [3.63, 3.8) is 0 Å². The number of hydrogen-bond acceptors (Lipinski definition) is 7. The second-order valence-corrected chi connectivity index (χ2v) is 6.73. The summed E-state index contributed by atoms with van der Waals surface area (Å²) in [6.45, 7) is 4.89. The Morgan fingerprint density at radius 3 is 2.81 bits per heavy atom. The Labute approximate surface area is 153 Å². The van der Waals surface area contributed by atoms with Gasteiger partial charge < -0.3 is 20.1 Å². The molecule has 3 rings (SSSR count). The number of methoxy groups -OCH3 is 1. The molecule has 2 aromatic heterocycles. The summed E-state index contributed by atoms with van der Waals surface area (Å²) >= 11 is 0. The van der Waals surface area contributed by atoms with E-state index in [9.17, 15) is 9.90 Å². The molecule has 0 aromatic carbocycles. The fraction of sp³-hybridized carbons (Fsp3) is 0.444. The predicted molar refractivity (Wildman–Crippen MR) is 100.0 cm³/mol. The second-order valence-electron chi connectivity index (χ2n) is 6.73. The first-order chi connectivity index (χ1) is 12.4. The molecule has 1 aliphatic rings. The number of ether oxygens (including phenoxy) is 1. The molecule has 0 bridgehead atoms. The minimum absolute atomic E-state index is 0. The highest BCUT2D eigenvalue weighted by Crippen LogP contribution is 2.29. The van der Waals surface area contributed by atoms with Crippen LogP contribution in [0.5, 0.6) is 0 Å². The van der Waals surface area contributed by atoms with Crippen LogP contribution in [0.2, 0.25) is 0 Å². The van der Waals surface area contributed by atoms with Crippen LogP contribution in [0.15, 0.2) is 24.5 Å². The number of pyridine rings is 1. The van der Waals surface area contributed by atoms with Gasteiger partial charge in [-0.1, -0.05) is 0 Å². The Hall–Kier alpha value is -2.58. The lowest BCUT2D eigenvalue weighted by atomic mass is 10.0. The number of fused-ring (bicyclic) bond motifs is 1. The molecule has 1 amide bonds. The first-order valence-electron chi connectivity index (χ1n) is 8.48. The molecule has 0 fully saturated rings. The Bertz CT molecular complexity index is 793. The normalized spacial score (nSPS) is 14.2. The molecule has 140 valence electrons. The van der Waals surface area contributed by atoms with E-state index in [0.29, 0.717) is 36.2 Å². The molecule has 0 saturated heterocycles. The lowest BCUT2D eigenvalue weighted by Gasteiger charge is -2.29. The van der Waals surface area contributed by atoms with Crippen LogP contribution in [-0.2, 0) is 15.1 Å². The van der Waals surface area contributed by atoms with Gasteiger partial charge in [0.2, 0.25) is 5.91 Å². The van der Waals surface area contributed by atoms with Crippen LogP contribution in [0.25, 0.3) is 11.3 Å². The van der Waals surface area contributed by atoms with Gasteiger partial charge in [-0.15, -0.1) is 0 Å². The van der Waals surface area contributed by atoms with Crippen LogP contribution in [0.4, 0.5) is 11.6 Å². The summed E-state index contributed by atoms with van der Waals surface area (Å²) in [5, 5.41) is 12.8. The fourth-order valence-corrected chi connectivity index (χ4v) is 2.74. The van der Waals surface area contributed by atoms with E-state index in [4.69, 9.17) is 4.74 Å². The molecular weight excluding hydrogens is 334 g/mol. The van der Waals surface area contributed by atoms with E-state index < -0.39 is 5.60 Å². The van der Waals surface area contributed by atoms with Gasteiger partial charge in [0.25, 0.3) is 0 Å². The fourth-order valence-electron chi connectivity index (χ4n) is 2.74. The maximum atomic E-state index is 11.9. The minimum Gasteiger partial charge on any atom is -0.385 e. The lowest BCUT2D eigenvalue weighted by Crippen LogP contribution is -2.40. The number of aliphatic hydroxyl groups is 1. The van der Waals surface area contributed by atoms with E-state index in [0.717, 1.165) is 12.0 Å². The molecule has 8 nitrogen and oxygen atoms in total. The zero-order chi connectivity index (χ0) is 18.7. The first kappa shape index (κ1) is 18.2. The van der Waals surface area contributed by atoms with Crippen molar-refractivity contribution in [2.45, 2.75) is 25.9 Å². The molecule has 8 heteroatoms. The van der Waals surface area contributed by atoms with E-state index in [1.54, 1.807) is 39.4 Å². The van der Waals surface area contributed by atoms with Crippen molar-refractivity contribution < 1.29 is 16.1 Å². The number of hydrogen-bond donors (Lipinski definition) is 2. The Morgan fingerprint density at radius 1 is 1.35 bits per heavy atom. The molecule has 2 aromatic rings. The highest BCUT2D eigenvalue weighted by atomic mass is 16.5. The maximum Gasteiger partial charge on any atom is 0.245 e. The summed E-state index contributed by atoms with van der Waals surface area (Å²) in [5.41, 5.74) is 1.04. The van der Waals surface area contributed by atoms with Crippen LogP contribution < -0.4 is 10.2 Å². The van der Waals surface area contributed by atoms with Gasteiger partial charge >= 0.3 is 0 Å². The van der Waals surface area contributed by atoms with Crippen molar-refractivity contribution in [3.05, 3.63) is 30.2 Å². The topological polar surface area (TPSA) is 100 Å². The Kier molecular flexibility index (Phi) is 5.15. The number of amides is 1. The average Bonchev–Trinajstić information content (AvgIpc) is 2.61. The predicted octanol–water partition coefficient (Wildman–Crippen LogP) is 1.81. The third kappa shape index (κ3) is 3.97. The quantitative estimate of drug-likeness (QED) is 0.759. The number of carbonyl (C=O) groups is 1. The summed E-state index contributed by atoms with van der Waals surface area (Å²) in [6.07, 6.45) is 4.07. The molecule has 3 heterocycles. The summed E-state index contributed by atoms with van der Waals surface area (Å²) in [4.78, 5) is 27.1. The zero-order valence-electron chi connectivity index (χ0n) is 15.2. The minimum atomic E-state index is -0.998. The van der Waals surface area contributed by atoms with Crippen molar-refractivity contribution in [1.29, 1.82) is 0 Å². The van der Waals surface area contributed by atoms with Crippen LogP contribution in [-0.4, -0.2) is 52.8 Å². The van der Waals surface area contributed by atoms with Crippen LogP contribution in [0.3, 0.4) is 0 Å². The monoisotopic (exact) mass is 359 g/mol. The Balaban J connectivity index is 0.00000261. The largest absolute Gasteiger partial charge is 0.385 e. The molecule has 0 aliphatic carbocycles. The van der Waals surface area contributed by atoms with Crippen molar-refractivity contribution >= 4 is 17.5 Å². The standard InChI is InChI=1S/C18H23N5O3.H2/c1-18(2,25)14-6-5-12(9-19-14)13-10-20-16-17(21-13)23(7-4-8-26-3)11-15(24)22-16;/h5-6,9-10,25H,4,7-8,11H2,1-3H3,(H,20,22,24);1H. The second kappa shape index (κ2) is 7.35. The van der Waals surface area contributed by atoms with E-state index in [2.05, 4.69) is 20.3 Å². The van der Waals surface area contributed by atoms with Gasteiger partial charge in [0, 0.05) is 33.4 Å². The zero-order valence-corrected chi connectivity index (χ0v) is 15.2. The molecule has 0 unspecified atom stereocenters. The smallest absolute Gasteiger partial charge is 0.245 e. The molecule has 2 N–H and O–H groups in total.